The van der Waals surface area contributed by atoms with Crippen LogP contribution in [0.25, 0.3) is 0 Å². The van der Waals surface area contributed by atoms with Crippen LogP contribution in [-0.4, -0.2) is 10.9 Å². The molecule has 0 saturated carbocycles. The summed E-state index contributed by atoms with van der Waals surface area (Å²) in [6, 6.07) is 14.4. The summed E-state index contributed by atoms with van der Waals surface area (Å²) in [5.74, 6) is 0.362. The summed E-state index contributed by atoms with van der Waals surface area (Å²) < 4.78 is 13.0. The zero-order valence-electron chi connectivity index (χ0n) is 14.6. The van der Waals surface area contributed by atoms with Crippen LogP contribution in [0.4, 0.5) is 15.2 Å². The van der Waals surface area contributed by atoms with Crippen molar-refractivity contribution in [2.45, 2.75) is 30.9 Å². The lowest BCUT2D eigenvalue weighted by Gasteiger charge is -2.18. The number of carbonyl (C=O) groups excluding carboxylic acids is 1. The Labute approximate surface area is 160 Å². The largest absolute Gasteiger partial charge is 0.274 e. The predicted octanol–water partition coefficient (Wildman–Crippen LogP) is 5.82. The Kier molecular flexibility index (Phi) is 6.06. The third-order valence-corrected chi connectivity index (χ3v) is 5.77. The molecule has 3 aromatic rings. The normalized spacial score (nSPS) is 10.7. The van der Waals surface area contributed by atoms with Gasteiger partial charge in [-0.15, -0.1) is 23.1 Å². The van der Waals surface area contributed by atoms with Gasteiger partial charge in [-0.2, -0.15) is 0 Å². The van der Waals surface area contributed by atoms with Crippen molar-refractivity contribution in [2.75, 3.05) is 4.90 Å². The topological polar surface area (TPSA) is 33.2 Å². The Hall–Kier alpha value is -2.18. The third-order valence-electron chi connectivity index (χ3n) is 3.85. The van der Waals surface area contributed by atoms with Gasteiger partial charge in [0.2, 0.25) is 5.91 Å². The molecule has 0 fully saturated rings. The number of benzene rings is 2. The quantitative estimate of drug-likeness (QED) is 0.500. The highest BCUT2D eigenvalue weighted by atomic mass is 32.2. The number of rotatable bonds is 6. The number of aromatic nitrogens is 1. The van der Waals surface area contributed by atoms with Crippen LogP contribution < -0.4 is 4.90 Å². The fraction of sp³-hybridized carbons (Fsp3) is 0.200. The number of thioether (sulfide) groups is 1. The number of amides is 1. The van der Waals surface area contributed by atoms with Crippen molar-refractivity contribution >= 4 is 39.8 Å². The number of aryl methyl sites for hydroxylation is 1. The maximum Gasteiger partial charge on any atom is 0.230 e. The second kappa shape index (κ2) is 8.47. The molecule has 1 amide bonds. The van der Waals surface area contributed by atoms with Crippen molar-refractivity contribution in [3.8, 4) is 0 Å². The van der Waals surface area contributed by atoms with Crippen molar-refractivity contribution < 1.29 is 9.18 Å². The van der Waals surface area contributed by atoms with E-state index in [1.165, 1.54) is 29.0 Å². The van der Waals surface area contributed by atoms with E-state index in [1.807, 2.05) is 29.6 Å². The molecule has 0 radical (unpaired) electrons. The Bertz CT molecular complexity index is 876. The Morgan fingerprint density at radius 2 is 1.85 bits per heavy atom. The predicted molar refractivity (Wildman–Crippen MR) is 107 cm³/mol. The first kappa shape index (κ1) is 18.6. The van der Waals surface area contributed by atoms with E-state index in [-0.39, 0.29) is 11.7 Å². The molecule has 0 N–H and O–H groups in total. The molecule has 0 aliphatic heterocycles. The van der Waals surface area contributed by atoms with Crippen LogP contribution in [0, 0.1) is 5.82 Å². The molecule has 0 aliphatic rings. The summed E-state index contributed by atoms with van der Waals surface area (Å²) in [6.07, 6.45) is 0.961. The van der Waals surface area contributed by atoms with Crippen LogP contribution in [0.2, 0.25) is 0 Å². The van der Waals surface area contributed by atoms with E-state index in [0.717, 1.165) is 22.7 Å². The third kappa shape index (κ3) is 4.51. The van der Waals surface area contributed by atoms with E-state index in [2.05, 4.69) is 11.9 Å². The van der Waals surface area contributed by atoms with Gasteiger partial charge >= 0.3 is 0 Å². The van der Waals surface area contributed by atoms with Crippen LogP contribution in [0.5, 0.6) is 0 Å². The number of nitrogens with zero attached hydrogens (tertiary/aromatic N) is 2. The van der Waals surface area contributed by atoms with E-state index < -0.39 is 0 Å². The van der Waals surface area contributed by atoms with Crippen molar-refractivity contribution in [1.82, 2.24) is 4.98 Å². The van der Waals surface area contributed by atoms with E-state index in [1.54, 1.807) is 35.7 Å². The maximum atomic E-state index is 13.0. The molecule has 1 heterocycles. The molecule has 0 spiro atoms. The van der Waals surface area contributed by atoms with Crippen LogP contribution in [0.3, 0.4) is 0 Å². The lowest BCUT2D eigenvalue weighted by atomic mass is 10.1. The van der Waals surface area contributed by atoms with Gasteiger partial charge in [-0.25, -0.2) is 9.37 Å². The first-order chi connectivity index (χ1) is 12.6. The number of carbonyl (C=O) groups is 1. The minimum Gasteiger partial charge on any atom is -0.274 e. The molecule has 2 aromatic carbocycles. The lowest BCUT2D eigenvalue weighted by molar-refractivity contribution is -0.115. The van der Waals surface area contributed by atoms with Gasteiger partial charge in [0, 0.05) is 23.0 Å². The molecule has 26 heavy (non-hydrogen) atoms. The van der Waals surface area contributed by atoms with Gasteiger partial charge in [0.15, 0.2) is 5.13 Å². The Balaban J connectivity index is 1.74. The summed E-state index contributed by atoms with van der Waals surface area (Å²) in [4.78, 5) is 19.4. The number of hydrogen-bond donors (Lipinski definition) is 0. The Morgan fingerprint density at radius 3 is 2.46 bits per heavy atom. The molecule has 6 heteroatoms. The minimum atomic E-state index is -0.239. The fourth-order valence-electron chi connectivity index (χ4n) is 2.46. The highest BCUT2D eigenvalue weighted by Crippen LogP contribution is 2.31. The zero-order valence-corrected chi connectivity index (χ0v) is 16.2. The van der Waals surface area contributed by atoms with Crippen molar-refractivity contribution in [3.63, 3.8) is 0 Å². The smallest absolute Gasteiger partial charge is 0.230 e. The van der Waals surface area contributed by atoms with E-state index in [9.17, 15) is 9.18 Å². The molecule has 3 rings (SSSR count). The van der Waals surface area contributed by atoms with Gasteiger partial charge in [0.05, 0.1) is 11.4 Å². The average Bonchev–Trinajstić information content (AvgIpc) is 3.10. The van der Waals surface area contributed by atoms with Crippen LogP contribution in [-0.2, 0) is 17.0 Å². The molecule has 0 bridgehead atoms. The van der Waals surface area contributed by atoms with Gasteiger partial charge in [-0.3, -0.25) is 9.69 Å². The van der Waals surface area contributed by atoms with Crippen LogP contribution in [0.15, 0.2) is 58.8 Å². The number of hydrogen-bond acceptors (Lipinski definition) is 4. The Morgan fingerprint density at radius 1 is 1.15 bits per heavy atom. The highest BCUT2D eigenvalue weighted by Gasteiger charge is 2.18. The molecule has 134 valence electrons. The summed E-state index contributed by atoms with van der Waals surface area (Å²) in [5, 5.41) is 2.62. The maximum absolute atomic E-state index is 13.0. The SMILES string of the molecule is CCc1ccc(N(C(C)=O)c2nc(CSc3ccc(F)cc3)cs2)cc1. The van der Waals surface area contributed by atoms with Crippen molar-refractivity contribution in [2.24, 2.45) is 0 Å². The van der Waals surface area contributed by atoms with Gasteiger partial charge < -0.3 is 0 Å². The first-order valence-corrected chi connectivity index (χ1v) is 10.2. The van der Waals surface area contributed by atoms with E-state index in [4.69, 9.17) is 0 Å². The fourth-order valence-corrected chi connectivity index (χ4v) is 4.24. The van der Waals surface area contributed by atoms with Crippen molar-refractivity contribution in [3.05, 3.63) is 71.0 Å². The zero-order chi connectivity index (χ0) is 18.5. The highest BCUT2D eigenvalue weighted by molar-refractivity contribution is 7.98. The van der Waals surface area contributed by atoms with Crippen LogP contribution in [0.1, 0.15) is 25.1 Å². The second-order valence-corrected chi connectivity index (χ2v) is 7.62. The van der Waals surface area contributed by atoms with Gasteiger partial charge in [-0.1, -0.05) is 19.1 Å². The number of halogens is 1. The second-order valence-electron chi connectivity index (χ2n) is 5.74. The summed E-state index contributed by atoms with van der Waals surface area (Å²) in [6.45, 7) is 3.64. The molecular formula is C20H19FN2OS2. The molecule has 1 aromatic heterocycles. The average molecular weight is 387 g/mol. The summed E-state index contributed by atoms with van der Waals surface area (Å²) in [7, 11) is 0. The van der Waals surface area contributed by atoms with Gasteiger partial charge in [0.1, 0.15) is 5.82 Å². The lowest BCUT2D eigenvalue weighted by Crippen LogP contribution is -2.22. The summed E-state index contributed by atoms with van der Waals surface area (Å²) in [5.41, 5.74) is 2.95. The number of anilines is 2. The van der Waals surface area contributed by atoms with Gasteiger partial charge in [0.25, 0.3) is 0 Å². The minimum absolute atomic E-state index is 0.0682. The molecule has 0 saturated heterocycles. The van der Waals surface area contributed by atoms with Crippen LogP contribution >= 0.6 is 23.1 Å². The molecule has 0 aliphatic carbocycles. The molecule has 0 atom stereocenters. The first-order valence-electron chi connectivity index (χ1n) is 8.29. The van der Waals surface area contributed by atoms with Crippen molar-refractivity contribution in [1.29, 1.82) is 0 Å². The van der Waals surface area contributed by atoms with Gasteiger partial charge in [-0.05, 0) is 48.4 Å². The van der Waals surface area contributed by atoms with E-state index in [0.29, 0.717) is 10.9 Å². The standard InChI is InChI=1S/C20H19FN2OS2/c1-3-15-4-8-18(9-5-15)23(14(2)24)20-22-17(13-26-20)12-25-19-10-6-16(21)7-11-19/h4-11,13H,3,12H2,1-2H3. The monoisotopic (exact) mass is 386 g/mol. The molecule has 3 nitrogen and oxygen atoms in total. The molecule has 0 unspecified atom stereocenters. The summed E-state index contributed by atoms with van der Waals surface area (Å²) >= 11 is 3.04. The molecular weight excluding hydrogens is 367 g/mol. The number of thiazole rings is 1. The van der Waals surface area contributed by atoms with E-state index >= 15 is 0 Å².